The first kappa shape index (κ1) is 19.2. The summed E-state index contributed by atoms with van der Waals surface area (Å²) in [6.07, 6.45) is 0.362. The Labute approximate surface area is 165 Å². The number of ether oxygens (including phenoxy) is 1. The highest BCUT2D eigenvalue weighted by Crippen LogP contribution is 2.21. The first-order chi connectivity index (χ1) is 13.0. The van der Waals surface area contributed by atoms with Gasteiger partial charge in [0.25, 0.3) is 5.69 Å². The van der Waals surface area contributed by atoms with Crippen LogP contribution in [-0.4, -0.2) is 48.7 Å². The number of amides is 1. The van der Waals surface area contributed by atoms with Crippen molar-refractivity contribution in [1.82, 2.24) is 4.90 Å². The standard InChI is InChI=1S/C19H20BrN3O4/c20-18-4-2-1-3-15(18)9-14-27-19(24)22-12-10-21(11-13-22)16-5-7-17(8-6-16)23(25)26/h1-8H,9-14H2. The van der Waals surface area contributed by atoms with Crippen LogP contribution in [0.3, 0.4) is 0 Å². The second kappa shape index (κ2) is 8.85. The number of hydrogen-bond donors (Lipinski definition) is 0. The molecular formula is C19H20BrN3O4. The first-order valence-electron chi connectivity index (χ1n) is 8.69. The van der Waals surface area contributed by atoms with Crippen molar-refractivity contribution in [2.45, 2.75) is 6.42 Å². The summed E-state index contributed by atoms with van der Waals surface area (Å²) in [6, 6.07) is 14.3. The monoisotopic (exact) mass is 433 g/mol. The number of benzene rings is 2. The predicted octanol–water partition coefficient (Wildman–Crippen LogP) is 3.86. The van der Waals surface area contributed by atoms with Crippen LogP contribution in [-0.2, 0) is 11.2 Å². The van der Waals surface area contributed by atoms with Gasteiger partial charge in [0.2, 0.25) is 0 Å². The molecule has 2 aromatic rings. The maximum atomic E-state index is 12.2. The first-order valence-corrected chi connectivity index (χ1v) is 9.48. The van der Waals surface area contributed by atoms with Crippen molar-refractivity contribution in [3.8, 4) is 0 Å². The van der Waals surface area contributed by atoms with E-state index in [-0.39, 0.29) is 11.8 Å². The summed E-state index contributed by atoms with van der Waals surface area (Å²) in [4.78, 5) is 26.4. The maximum absolute atomic E-state index is 12.2. The van der Waals surface area contributed by atoms with E-state index >= 15 is 0 Å². The average molecular weight is 434 g/mol. The molecular weight excluding hydrogens is 414 g/mol. The van der Waals surface area contributed by atoms with Crippen LogP contribution >= 0.6 is 15.9 Å². The molecule has 0 bridgehead atoms. The molecule has 1 amide bonds. The summed E-state index contributed by atoms with van der Waals surface area (Å²) in [5, 5.41) is 10.7. The lowest BCUT2D eigenvalue weighted by atomic mass is 10.2. The second-order valence-corrected chi connectivity index (χ2v) is 7.06. The molecule has 1 aliphatic rings. The lowest BCUT2D eigenvalue weighted by Crippen LogP contribution is -2.49. The minimum atomic E-state index is -0.411. The Bertz CT molecular complexity index is 805. The molecule has 27 heavy (non-hydrogen) atoms. The van der Waals surface area contributed by atoms with Crippen molar-refractivity contribution in [2.24, 2.45) is 0 Å². The third kappa shape index (κ3) is 4.97. The molecule has 142 valence electrons. The Morgan fingerprint density at radius 3 is 2.37 bits per heavy atom. The number of piperazine rings is 1. The average Bonchev–Trinajstić information content (AvgIpc) is 2.69. The molecule has 1 aliphatic heterocycles. The quantitative estimate of drug-likeness (QED) is 0.528. The fourth-order valence-corrected chi connectivity index (χ4v) is 3.46. The zero-order valence-corrected chi connectivity index (χ0v) is 16.3. The van der Waals surface area contributed by atoms with Gasteiger partial charge in [-0.25, -0.2) is 4.79 Å². The van der Waals surface area contributed by atoms with Crippen molar-refractivity contribution >= 4 is 33.4 Å². The predicted molar refractivity (Wildman–Crippen MR) is 106 cm³/mol. The van der Waals surface area contributed by atoms with Gasteiger partial charge in [-0.1, -0.05) is 34.1 Å². The van der Waals surface area contributed by atoms with Crippen LogP contribution < -0.4 is 4.90 Å². The SMILES string of the molecule is O=C(OCCc1ccccc1Br)N1CCN(c2ccc([N+](=O)[O-])cc2)CC1. The van der Waals surface area contributed by atoms with E-state index in [1.54, 1.807) is 17.0 Å². The van der Waals surface area contributed by atoms with Gasteiger partial charge in [-0.2, -0.15) is 0 Å². The number of carbonyl (C=O) groups is 1. The summed E-state index contributed by atoms with van der Waals surface area (Å²) in [6.45, 7) is 2.79. The number of hydrogen-bond acceptors (Lipinski definition) is 5. The molecule has 0 atom stereocenters. The van der Waals surface area contributed by atoms with E-state index in [9.17, 15) is 14.9 Å². The molecule has 1 fully saturated rings. The van der Waals surface area contributed by atoms with E-state index in [2.05, 4.69) is 20.8 Å². The van der Waals surface area contributed by atoms with E-state index in [0.29, 0.717) is 39.2 Å². The summed E-state index contributed by atoms with van der Waals surface area (Å²) in [7, 11) is 0. The van der Waals surface area contributed by atoms with Gasteiger partial charge in [0.05, 0.1) is 11.5 Å². The Kier molecular flexibility index (Phi) is 6.28. The van der Waals surface area contributed by atoms with Gasteiger partial charge in [-0.15, -0.1) is 0 Å². The molecule has 0 radical (unpaired) electrons. The fraction of sp³-hybridized carbons (Fsp3) is 0.316. The third-order valence-electron chi connectivity index (χ3n) is 4.52. The molecule has 0 spiro atoms. The lowest BCUT2D eigenvalue weighted by molar-refractivity contribution is -0.384. The maximum Gasteiger partial charge on any atom is 0.409 e. The zero-order valence-electron chi connectivity index (χ0n) is 14.7. The third-order valence-corrected chi connectivity index (χ3v) is 5.29. The molecule has 0 N–H and O–H groups in total. The van der Waals surface area contributed by atoms with Crippen LogP contribution in [0.4, 0.5) is 16.2 Å². The summed E-state index contributed by atoms with van der Waals surface area (Å²) < 4.78 is 6.41. The lowest BCUT2D eigenvalue weighted by Gasteiger charge is -2.35. The van der Waals surface area contributed by atoms with Crippen LogP contribution in [0.15, 0.2) is 53.0 Å². The van der Waals surface area contributed by atoms with Crippen LogP contribution in [0.5, 0.6) is 0 Å². The minimum Gasteiger partial charge on any atom is -0.449 e. The number of halogens is 1. The van der Waals surface area contributed by atoms with Gasteiger partial charge in [0.15, 0.2) is 0 Å². The van der Waals surface area contributed by atoms with E-state index < -0.39 is 4.92 Å². The highest BCUT2D eigenvalue weighted by atomic mass is 79.9. The molecule has 0 unspecified atom stereocenters. The number of nitro groups is 1. The van der Waals surface area contributed by atoms with Gasteiger partial charge in [-0.05, 0) is 23.8 Å². The van der Waals surface area contributed by atoms with Crippen molar-refractivity contribution < 1.29 is 14.5 Å². The van der Waals surface area contributed by atoms with E-state index in [0.717, 1.165) is 15.7 Å². The molecule has 2 aromatic carbocycles. The van der Waals surface area contributed by atoms with Gasteiger partial charge in [0.1, 0.15) is 0 Å². The Hall–Kier alpha value is -2.61. The van der Waals surface area contributed by atoms with E-state index in [1.165, 1.54) is 12.1 Å². The van der Waals surface area contributed by atoms with E-state index in [1.807, 2.05) is 24.3 Å². The normalized spacial score (nSPS) is 14.1. The number of non-ortho nitro benzene ring substituents is 1. The largest absolute Gasteiger partial charge is 0.449 e. The van der Waals surface area contributed by atoms with Crippen LogP contribution in [0, 0.1) is 10.1 Å². The number of anilines is 1. The highest BCUT2D eigenvalue weighted by molar-refractivity contribution is 9.10. The summed E-state index contributed by atoms with van der Waals surface area (Å²) in [5.74, 6) is 0. The number of nitrogens with zero attached hydrogens (tertiary/aromatic N) is 3. The van der Waals surface area contributed by atoms with Crippen LogP contribution in [0.25, 0.3) is 0 Å². The Morgan fingerprint density at radius 1 is 1.07 bits per heavy atom. The number of nitro benzene ring substituents is 1. The molecule has 0 aromatic heterocycles. The van der Waals surface area contributed by atoms with Gasteiger partial charge < -0.3 is 14.5 Å². The van der Waals surface area contributed by atoms with Crippen molar-refractivity contribution in [3.05, 3.63) is 68.7 Å². The molecule has 1 saturated heterocycles. The zero-order chi connectivity index (χ0) is 19.2. The second-order valence-electron chi connectivity index (χ2n) is 6.20. The summed E-state index contributed by atoms with van der Waals surface area (Å²) in [5.41, 5.74) is 2.10. The molecule has 1 heterocycles. The molecule has 7 nitrogen and oxygen atoms in total. The minimum absolute atomic E-state index is 0.0750. The van der Waals surface area contributed by atoms with Crippen molar-refractivity contribution in [3.63, 3.8) is 0 Å². The molecule has 3 rings (SSSR count). The van der Waals surface area contributed by atoms with Crippen molar-refractivity contribution in [1.29, 1.82) is 0 Å². The van der Waals surface area contributed by atoms with Crippen molar-refractivity contribution in [2.75, 3.05) is 37.7 Å². The van der Waals surface area contributed by atoms with E-state index in [4.69, 9.17) is 4.74 Å². The molecule has 0 aliphatic carbocycles. The molecule has 8 heteroatoms. The van der Waals surface area contributed by atoms with Gasteiger partial charge in [0, 0.05) is 54.9 Å². The Balaban J connectivity index is 1.45. The Morgan fingerprint density at radius 2 is 1.74 bits per heavy atom. The fourth-order valence-electron chi connectivity index (χ4n) is 2.97. The smallest absolute Gasteiger partial charge is 0.409 e. The van der Waals surface area contributed by atoms with Crippen LogP contribution in [0.1, 0.15) is 5.56 Å². The number of rotatable bonds is 5. The summed E-state index contributed by atoms with van der Waals surface area (Å²) >= 11 is 3.49. The van der Waals surface area contributed by atoms with Crippen LogP contribution in [0.2, 0.25) is 0 Å². The molecule has 0 saturated carbocycles. The van der Waals surface area contributed by atoms with Gasteiger partial charge >= 0.3 is 6.09 Å². The topological polar surface area (TPSA) is 75.9 Å². The highest BCUT2D eigenvalue weighted by Gasteiger charge is 2.22. The number of carbonyl (C=O) groups excluding carboxylic acids is 1. The van der Waals surface area contributed by atoms with Gasteiger partial charge in [-0.3, -0.25) is 10.1 Å².